The van der Waals surface area contributed by atoms with E-state index in [1.807, 2.05) is 65.4 Å². The van der Waals surface area contributed by atoms with Gasteiger partial charge in [0.25, 0.3) is 0 Å². The largest absolute Gasteiger partial charge is 0.352 e. The fourth-order valence-electron chi connectivity index (χ4n) is 3.17. The predicted octanol–water partition coefficient (Wildman–Crippen LogP) is 4.49. The first-order valence-electron chi connectivity index (χ1n) is 9.69. The third-order valence-electron chi connectivity index (χ3n) is 4.64. The highest BCUT2D eigenvalue weighted by Crippen LogP contribution is 2.22. The first-order valence-corrected chi connectivity index (χ1v) is 10.8. The molecule has 6 heteroatoms. The van der Waals surface area contributed by atoms with E-state index in [1.165, 1.54) is 0 Å². The van der Waals surface area contributed by atoms with Crippen molar-refractivity contribution in [1.29, 1.82) is 10.5 Å². The van der Waals surface area contributed by atoms with Crippen molar-refractivity contribution in [3.8, 4) is 12.1 Å². The van der Waals surface area contributed by atoms with Gasteiger partial charge in [0.05, 0.1) is 24.1 Å². The summed E-state index contributed by atoms with van der Waals surface area (Å²) < 4.78 is 2.05. The van der Waals surface area contributed by atoms with Crippen LogP contribution in [0.2, 0.25) is 0 Å². The van der Waals surface area contributed by atoms with Gasteiger partial charge in [0.1, 0.15) is 0 Å². The van der Waals surface area contributed by atoms with Crippen LogP contribution in [-0.4, -0.2) is 22.8 Å². The number of nitriles is 2. The Hall–Kier alpha value is -3.48. The summed E-state index contributed by atoms with van der Waals surface area (Å²) in [6.45, 7) is 1.19. The SMILES string of the molecule is N#CCCn1cc(C=CC(=O)NCCSCc2ccccc2C#N)c2ccccc21. The van der Waals surface area contributed by atoms with Crippen molar-refractivity contribution < 1.29 is 4.79 Å². The van der Waals surface area contributed by atoms with E-state index < -0.39 is 0 Å². The highest BCUT2D eigenvalue weighted by molar-refractivity contribution is 7.98. The summed E-state index contributed by atoms with van der Waals surface area (Å²) in [4.78, 5) is 12.2. The quantitative estimate of drug-likeness (QED) is 0.413. The molecule has 1 N–H and O–H groups in total. The van der Waals surface area contributed by atoms with Gasteiger partial charge in [0.15, 0.2) is 0 Å². The summed E-state index contributed by atoms with van der Waals surface area (Å²) in [7, 11) is 0. The number of nitrogens with zero attached hydrogens (tertiary/aromatic N) is 3. The van der Waals surface area contributed by atoms with Crippen LogP contribution in [0, 0.1) is 22.7 Å². The highest BCUT2D eigenvalue weighted by atomic mass is 32.2. The van der Waals surface area contributed by atoms with Gasteiger partial charge in [0.2, 0.25) is 5.91 Å². The van der Waals surface area contributed by atoms with E-state index in [2.05, 4.69) is 17.5 Å². The van der Waals surface area contributed by atoms with Gasteiger partial charge in [-0.05, 0) is 23.8 Å². The van der Waals surface area contributed by atoms with E-state index in [9.17, 15) is 4.79 Å². The molecule has 1 amide bonds. The number of benzene rings is 2. The molecular formula is C24H22N4OS. The van der Waals surface area contributed by atoms with Crippen molar-refractivity contribution in [3.63, 3.8) is 0 Å². The van der Waals surface area contributed by atoms with Gasteiger partial charge in [-0.15, -0.1) is 0 Å². The van der Waals surface area contributed by atoms with Crippen LogP contribution in [0.1, 0.15) is 23.1 Å². The Labute approximate surface area is 180 Å². The lowest BCUT2D eigenvalue weighted by molar-refractivity contribution is -0.116. The van der Waals surface area contributed by atoms with Gasteiger partial charge in [-0.25, -0.2) is 0 Å². The third kappa shape index (κ3) is 5.53. The van der Waals surface area contributed by atoms with Crippen LogP contribution >= 0.6 is 11.8 Å². The first-order chi connectivity index (χ1) is 14.7. The molecule has 3 aromatic rings. The molecule has 0 atom stereocenters. The molecule has 1 aromatic heterocycles. The van der Waals surface area contributed by atoms with E-state index in [1.54, 1.807) is 17.8 Å². The Morgan fingerprint density at radius 3 is 2.77 bits per heavy atom. The van der Waals surface area contributed by atoms with Crippen molar-refractivity contribution in [2.75, 3.05) is 12.3 Å². The topological polar surface area (TPSA) is 81.6 Å². The summed E-state index contributed by atoms with van der Waals surface area (Å²) in [5, 5.41) is 21.9. The Balaban J connectivity index is 1.50. The van der Waals surface area contributed by atoms with E-state index in [4.69, 9.17) is 10.5 Å². The summed E-state index contributed by atoms with van der Waals surface area (Å²) in [5.74, 6) is 1.38. The molecular weight excluding hydrogens is 392 g/mol. The molecule has 5 nitrogen and oxygen atoms in total. The lowest BCUT2D eigenvalue weighted by Crippen LogP contribution is -2.23. The molecule has 1 heterocycles. The van der Waals surface area contributed by atoms with Crippen LogP contribution < -0.4 is 5.32 Å². The van der Waals surface area contributed by atoms with Crippen molar-refractivity contribution in [1.82, 2.24) is 9.88 Å². The number of rotatable bonds is 9. The van der Waals surface area contributed by atoms with Crippen molar-refractivity contribution in [2.24, 2.45) is 0 Å². The van der Waals surface area contributed by atoms with Crippen LogP contribution in [0.4, 0.5) is 0 Å². The van der Waals surface area contributed by atoms with Gasteiger partial charge in [-0.1, -0.05) is 36.4 Å². The normalized spacial score (nSPS) is 10.7. The van der Waals surface area contributed by atoms with Crippen molar-refractivity contribution in [3.05, 3.63) is 77.5 Å². The van der Waals surface area contributed by atoms with Crippen LogP contribution in [0.5, 0.6) is 0 Å². The number of aryl methyl sites for hydroxylation is 1. The molecule has 0 aliphatic carbocycles. The highest BCUT2D eigenvalue weighted by Gasteiger charge is 2.06. The molecule has 0 aliphatic rings. The predicted molar refractivity (Wildman–Crippen MR) is 122 cm³/mol. The molecule has 0 spiro atoms. The summed E-state index contributed by atoms with van der Waals surface area (Å²) in [6, 6.07) is 19.9. The zero-order chi connectivity index (χ0) is 21.2. The third-order valence-corrected chi connectivity index (χ3v) is 5.65. The number of carbonyl (C=O) groups excluding carboxylic acids is 1. The number of nitrogens with one attached hydrogen (secondary N) is 1. The van der Waals surface area contributed by atoms with Gasteiger partial charge in [-0.2, -0.15) is 22.3 Å². The number of fused-ring (bicyclic) bond motifs is 1. The van der Waals surface area contributed by atoms with E-state index in [0.717, 1.165) is 33.5 Å². The maximum absolute atomic E-state index is 12.2. The summed E-state index contributed by atoms with van der Waals surface area (Å²) in [6.07, 6.45) is 5.79. The molecule has 0 unspecified atom stereocenters. The lowest BCUT2D eigenvalue weighted by atomic mass is 10.1. The molecule has 0 radical (unpaired) electrons. The number of hydrogen-bond donors (Lipinski definition) is 1. The molecule has 3 rings (SSSR count). The van der Waals surface area contributed by atoms with E-state index in [0.29, 0.717) is 25.1 Å². The molecule has 0 bridgehead atoms. The number of para-hydroxylation sites is 1. The number of thioether (sulfide) groups is 1. The average molecular weight is 415 g/mol. The smallest absolute Gasteiger partial charge is 0.244 e. The van der Waals surface area contributed by atoms with Crippen molar-refractivity contribution in [2.45, 2.75) is 18.7 Å². The molecule has 30 heavy (non-hydrogen) atoms. The number of hydrogen-bond acceptors (Lipinski definition) is 4. The molecule has 0 saturated carbocycles. The van der Waals surface area contributed by atoms with Crippen LogP contribution in [0.3, 0.4) is 0 Å². The minimum Gasteiger partial charge on any atom is -0.352 e. The number of aromatic nitrogens is 1. The number of amides is 1. The standard InChI is InChI=1S/C24H22N4OS/c25-12-5-14-28-17-20(22-8-3-4-9-23(22)28)10-11-24(29)27-13-15-30-18-21-7-2-1-6-19(21)16-26/h1-4,6-11,17H,5,13-15,18H2,(H,27,29). The fraction of sp³-hybridized carbons (Fsp3) is 0.208. The van der Waals surface area contributed by atoms with Crippen molar-refractivity contribution >= 4 is 34.6 Å². The second-order valence-corrected chi connectivity index (χ2v) is 7.75. The van der Waals surface area contributed by atoms with E-state index in [-0.39, 0.29) is 5.91 Å². The van der Waals surface area contributed by atoms with Gasteiger partial charge in [0, 0.05) is 53.3 Å². The average Bonchev–Trinajstić information content (AvgIpc) is 3.14. The molecule has 2 aromatic carbocycles. The second-order valence-electron chi connectivity index (χ2n) is 6.65. The molecule has 0 aliphatic heterocycles. The summed E-state index contributed by atoms with van der Waals surface area (Å²) >= 11 is 1.69. The van der Waals surface area contributed by atoms with Crippen LogP contribution in [-0.2, 0) is 17.1 Å². The molecule has 150 valence electrons. The van der Waals surface area contributed by atoms with E-state index >= 15 is 0 Å². The minimum atomic E-state index is -0.137. The number of carbonyl (C=O) groups is 1. The van der Waals surface area contributed by atoms with Crippen LogP contribution in [0.15, 0.2) is 60.8 Å². The van der Waals surface area contributed by atoms with Crippen LogP contribution in [0.25, 0.3) is 17.0 Å². The van der Waals surface area contributed by atoms with Gasteiger partial charge in [-0.3, -0.25) is 4.79 Å². The maximum Gasteiger partial charge on any atom is 0.244 e. The Morgan fingerprint density at radius 1 is 1.13 bits per heavy atom. The summed E-state index contributed by atoms with van der Waals surface area (Å²) in [5.41, 5.74) is 3.73. The first kappa shape index (κ1) is 21.2. The fourth-order valence-corrected chi connectivity index (χ4v) is 4.03. The Kier molecular flexibility index (Phi) is 7.71. The Morgan fingerprint density at radius 2 is 1.93 bits per heavy atom. The molecule has 0 fully saturated rings. The Bertz CT molecular complexity index is 1130. The monoisotopic (exact) mass is 414 g/mol. The maximum atomic E-state index is 12.2. The second kappa shape index (κ2) is 10.9. The molecule has 0 saturated heterocycles. The van der Waals surface area contributed by atoms with Gasteiger partial charge >= 0.3 is 0 Å². The zero-order valence-electron chi connectivity index (χ0n) is 16.5. The zero-order valence-corrected chi connectivity index (χ0v) is 17.4. The van der Waals surface area contributed by atoms with Gasteiger partial charge < -0.3 is 9.88 Å². The minimum absolute atomic E-state index is 0.137. The lowest BCUT2D eigenvalue weighted by Gasteiger charge is -2.04.